The van der Waals surface area contributed by atoms with Crippen LogP contribution in [0.1, 0.15) is 21.5 Å². The molecule has 0 aliphatic rings. The molecule has 0 aliphatic heterocycles. The summed E-state index contributed by atoms with van der Waals surface area (Å²) in [4.78, 5) is 15.5. The first-order chi connectivity index (χ1) is 13.7. The maximum Gasteiger partial charge on any atom is 0.271 e. The van der Waals surface area contributed by atoms with Crippen LogP contribution in [-0.2, 0) is 12.8 Å². The van der Waals surface area contributed by atoms with Crippen molar-refractivity contribution in [2.24, 2.45) is 12.1 Å². The Labute approximate surface area is 165 Å². The van der Waals surface area contributed by atoms with E-state index in [0.717, 1.165) is 32.9 Å². The molecule has 0 saturated heterocycles. The molecule has 2 heterocycles. The molecular formula is C20H18N6OS. The van der Waals surface area contributed by atoms with Crippen molar-refractivity contribution in [1.29, 1.82) is 0 Å². The van der Waals surface area contributed by atoms with Crippen LogP contribution in [0, 0.1) is 0 Å². The molecule has 1 amide bonds. The van der Waals surface area contributed by atoms with E-state index in [1.807, 2.05) is 54.2 Å². The van der Waals surface area contributed by atoms with Crippen molar-refractivity contribution in [3.63, 3.8) is 0 Å². The monoisotopic (exact) mass is 390 g/mol. The molecule has 0 spiro atoms. The number of nitrogens with one attached hydrogen (secondary N) is 2. The molecule has 4 rings (SSSR count). The first-order valence-corrected chi connectivity index (χ1v) is 9.64. The normalized spacial score (nSPS) is 11.3. The van der Waals surface area contributed by atoms with Gasteiger partial charge in [0.15, 0.2) is 5.16 Å². The first kappa shape index (κ1) is 18.0. The van der Waals surface area contributed by atoms with Crippen molar-refractivity contribution >= 4 is 34.8 Å². The Morgan fingerprint density at radius 3 is 2.86 bits per heavy atom. The summed E-state index contributed by atoms with van der Waals surface area (Å²) in [6, 6.07) is 15.4. The van der Waals surface area contributed by atoms with Gasteiger partial charge in [-0.1, -0.05) is 42.1 Å². The zero-order valence-corrected chi connectivity index (χ0v) is 16.0. The molecule has 28 heavy (non-hydrogen) atoms. The molecule has 0 aliphatic carbocycles. The van der Waals surface area contributed by atoms with Gasteiger partial charge >= 0.3 is 0 Å². The number of carbonyl (C=O) groups excluding carboxylic acids is 1. The van der Waals surface area contributed by atoms with Gasteiger partial charge in [-0.25, -0.2) is 5.43 Å². The van der Waals surface area contributed by atoms with Crippen LogP contribution >= 0.6 is 11.8 Å². The van der Waals surface area contributed by atoms with E-state index in [1.165, 1.54) is 0 Å². The van der Waals surface area contributed by atoms with Gasteiger partial charge in [0.05, 0.1) is 6.21 Å². The number of hydrogen-bond acceptors (Lipinski definition) is 5. The number of H-pyrrole nitrogens is 1. The molecule has 2 aromatic carbocycles. The van der Waals surface area contributed by atoms with Crippen molar-refractivity contribution in [3.8, 4) is 0 Å². The van der Waals surface area contributed by atoms with Crippen LogP contribution in [-0.4, -0.2) is 31.9 Å². The standard InChI is InChI=1S/C20H18N6OS/c1-26-13-23-25-20(26)28-12-14-6-8-15(9-7-14)19(27)24-22-11-16-10-21-18-5-3-2-4-17(16)18/h2-11,13,21H,12H2,1H3,(H,24,27)/b22-11+. The molecule has 0 saturated carbocycles. The molecule has 2 N–H and O–H groups in total. The number of hydrogen-bond donors (Lipinski definition) is 2. The quantitative estimate of drug-likeness (QED) is 0.300. The number of aromatic nitrogens is 4. The van der Waals surface area contributed by atoms with E-state index < -0.39 is 0 Å². The lowest BCUT2D eigenvalue weighted by Crippen LogP contribution is -2.17. The van der Waals surface area contributed by atoms with Crippen LogP contribution in [0.25, 0.3) is 10.9 Å². The van der Waals surface area contributed by atoms with E-state index >= 15 is 0 Å². The number of hydrazone groups is 1. The van der Waals surface area contributed by atoms with E-state index in [4.69, 9.17) is 0 Å². The Morgan fingerprint density at radius 1 is 1.25 bits per heavy atom. The second-order valence-corrected chi connectivity index (χ2v) is 7.14. The van der Waals surface area contributed by atoms with E-state index in [1.54, 1.807) is 36.4 Å². The third kappa shape index (κ3) is 3.96. The summed E-state index contributed by atoms with van der Waals surface area (Å²) in [6.45, 7) is 0. The summed E-state index contributed by atoms with van der Waals surface area (Å²) in [5.41, 5.74) is 6.19. The number of nitrogens with zero attached hydrogens (tertiary/aromatic N) is 4. The molecule has 0 atom stereocenters. The maximum absolute atomic E-state index is 12.3. The van der Waals surface area contributed by atoms with Gasteiger partial charge in [0.1, 0.15) is 6.33 Å². The summed E-state index contributed by atoms with van der Waals surface area (Å²) in [6.07, 6.45) is 5.18. The van der Waals surface area contributed by atoms with E-state index in [9.17, 15) is 4.79 Å². The van der Waals surface area contributed by atoms with Crippen molar-refractivity contribution in [3.05, 3.63) is 77.7 Å². The number of para-hydroxylation sites is 1. The van der Waals surface area contributed by atoms with Crippen molar-refractivity contribution in [2.75, 3.05) is 0 Å². The highest BCUT2D eigenvalue weighted by molar-refractivity contribution is 7.98. The highest BCUT2D eigenvalue weighted by Crippen LogP contribution is 2.20. The van der Waals surface area contributed by atoms with Gasteiger partial charge in [-0.3, -0.25) is 4.79 Å². The topological polar surface area (TPSA) is 88.0 Å². The maximum atomic E-state index is 12.3. The summed E-state index contributed by atoms with van der Waals surface area (Å²) in [7, 11) is 1.91. The first-order valence-electron chi connectivity index (χ1n) is 8.66. The zero-order chi connectivity index (χ0) is 19.3. The molecule has 0 unspecified atom stereocenters. The third-order valence-electron chi connectivity index (χ3n) is 4.24. The van der Waals surface area contributed by atoms with Crippen LogP contribution in [0.15, 0.2) is 71.3 Å². The van der Waals surface area contributed by atoms with Crippen molar-refractivity contribution in [2.45, 2.75) is 10.9 Å². The Bertz CT molecular complexity index is 1130. The molecule has 0 fully saturated rings. The number of thioether (sulfide) groups is 1. The average molecular weight is 390 g/mol. The minimum Gasteiger partial charge on any atom is -0.361 e. The van der Waals surface area contributed by atoms with Crippen LogP contribution in [0.3, 0.4) is 0 Å². The number of fused-ring (bicyclic) bond motifs is 1. The minimum atomic E-state index is -0.247. The van der Waals surface area contributed by atoms with E-state index in [2.05, 4.69) is 25.7 Å². The van der Waals surface area contributed by atoms with E-state index in [-0.39, 0.29) is 5.91 Å². The zero-order valence-electron chi connectivity index (χ0n) is 15.2. The molecule has 4 aromatic rings. The average Bonchev–Trinajstić information content (AvgIpc) is 3.33. The number of aryl methyl sites for hydroxylation is 1. The number of aromatic amines is 1. The van der Waals surface area contributed by atoms with Crippen LogP contribution in [0.4, 0.5) is 0 Å². The van der Waals surface area contributed by atoms with Gasteiger partial charge in [-0.2, -0.15) is 5.10 Å². The molecular weight excluding hydrogens is 372 g/mol. The largest absolute Gasteiger partial charge is 0.361 e. The van der Waals surface area contributed by atoms with Crippen molar-refractivity contribution < 1.29 is 4.79 Å². The molecule has 7 nitrogen and oxygen atoms in total. The molecule has 2 aromatic heterocycles. The fourth-order valence-electron chi connectivity index (χ4n) is 2.73. The van der Waals surface area contributed by atoms with Gasteiger partial charge in [0.25, 0.3) is 5.91 Å². The SMILES string of the molecule is Cn1cnnc1SCc1ccc(C(=O)N/N=C/c2c[nH]c3ccccc23)cc1. The second-order valence-electron chi connectivity index (χ2n) is 6.20. The summed E-state index contributed by atoms with van der Waals surface area (Å²) in [5, 5.41) is 13.9. The Morgan fingerprint density at radius 2 is 2.07 bits per heavy atom. The number of benzene rings is 2. The lowest BCUT2D eigenvalue weighted by Gasteiger charge is -2.03. The van der Waals surface area contributed by atoms with Gasteiger partial charge in [0.2, 0.25) is 0 Å². The lowest BCUT2D eigenvalue weighted by molar-refractivity contribution is 0.0955. The van der Waals surface area contributed by atoms with Crippen LogP contribution < -0.4 is 5.43 Å². The predicted molar refractivity (Wildman–Crippen MR) is 110 cm³/mol. The molecule has 0 bridgehead atoms. The summed E-state index contributed by atoms with van der Waals surface area (Å²) < 4.78 is 1.87. The highest BCUT2D eigenvalue weighted by atomic mass is 32.2. The predicted octanol–water partition coefficient (Wildman–Crippen LogP) is 3.35. The highest BCUT2D eigenvalue weighted by Gasteiger charge is 2.06. The summed E-state index contributed by atoms with van der Waals surface area (Å²) >= 11 is 1.60. The summed E-state index contributed by atoms with van der Waals surface area (Å²) in [5.74, 6) is 0.510. The Hall–Kier alpha value is -3.39. The lowest BCUT2D eigenvalue weighted by atomic mass is 10.1. The van der Waals surface area contributed by atoms with E-state index in [0.29, 0.717) is 5.56 Å². The third-order valence-corrected chi connectivity index (χ3v) is 5.35. The number of amides is 1. The Balaban J connectivity index is 1.35. The number of rotatable bonds is 6. The van der Waals surface area contributed by atoms with Gasteiger partial charge in [-0.15, -0.1) is 10.2 Å². The fourth-order valence-corrected chi connectivity index (χ4v) is 3.57. The minimum absolute atomic E-state index is 0.247. The van der Waals surface area contributed by atoms with Crippen molar-refractivity contribution in [1.82, 2.24) is 25.2 Å². The van der Waals surface area contributed by atoms with Gasteiger partial charge in [0, 0.05) is 41.0 Å². The number of carbonyl (C=O) groups is 1. The fraction of sp³-hybridized carbons (Fsp3) is 0.100. The molecule has 8 heteroatoms. The van der Waals surface area contributed by atoms with Crippen LogP contribution in [0.5, 0.6) is 0 Å². The molecule has 0 radical (unpaired) electrons. The smallest absolute Gasteiger partial charge is 0.271 e. The van der Waals surface area contributed by atoms with Gasteiger partial charge < -0.3 is 9.55 Å². The van der Waals surface area contributed by atoms with Gasteiger partial charge in [-0.05, 0) is 23.8 Å². The second kappa shape index (κ2) is 8.10. The Kier molecular flexibility index (Phi) is 5.20. The molecule has 140 valence electrons. The van der Waals surface area contributed by atoms with Crippen LogP contribution in [0.2, 0.25) is 0 Å².